The quantitative estimate of drug-likeness (QED) is 0.532. The third kappa shape index (κ3) is 4.88. The van der Waals surface area contributed by atoms with E-state index in [4.69, 9.17) is 9.47 Å². The van der Waals surface area contributed by atoms with Crippen molar-refractivity contribution >= 4 is 5.91 Å². The van der Waals surface area contributed by atoms with Gasteiger partial charge in [-0.25, -0.2) is 9.97 Å². The Labute approximate surface area is 168 Å². The summed E-state index contributed by atoms with van der Waals surface area (Å²) < 4.78 is 11.6. The predicted octanol–water partition coefficient (Wildman–Crippen LogP) is 2.20. The van der Waals surface area contributed by atoms with Gasteiger partial charge in [0.2, 0.25) is 11.8 Å². The molecule has 1 amide bonds. The maximum absolute atomic E-state index is 12.2. The summed E-state index contributed by atoms with van der Waals surface area (Å²) in [6, 6.07) is 6.71. The summed E-state index contributed by atoms with van der Waals surface area (Å²) in [6.07, 6.45) is 5.31. The Bertz CT molecular complexity index is 956. The molecule has 0 aliphatic carbocycles. The van der Waals surface area contributed by atoms with Gasteiger partial charge in [0, 0.05) is 38.2 Å². The lowest BCUT2D eigenvalue weighted by molar-refractivity contribution is 0.0944. The molecule has 3 aromatic heterocycles. The van der Waals surface area contributed by atoms with E-state index in [2.05, 4.69) is 20.4 Å². The van der Waals surface area contributed by atoms with E-state index < -0.39 is 0 Å². The van der Waals surface area contributed by atoms with Crippen LogP contribution in [0.5, 0.6) is 11.8 Å². The highest BCUT2D eigenvalue weighted by molar-refractivity contribution is 5.93. The normalized spacial score (nSPS) is 10.7. The molecule has 2 N–H and O–H groups in total. The Morgan fingerprint density at radius 1 is 1.24 bits per heavy atom. The van der Waals surface area contributed by atoms with Gasteiger partial charge in [0.15, 0.2) is 5.82 Å². The summed E-state index contributed by atoms with van der Waals surface area (Å²) >= 11 is 0. The van der Waals surface area contributed by atoms with Crippen LogP contribution >= 0.6 is 0 Å². The van der Waals surface area contributed by atoms with E-state index in [9.17, 15) is 9.90 Å². The first-order chi connectivity index (χ1) is 14.1. The summed E-state index contributed by atoms with van der Waals surface area (Å²) in [5.74, 6) is 0.542. The van der Waals surface area contributed by atoms with Gasteiger partial charge in [0.1, 0.15) is 0 Å². The van der Waals surface area contributed by atoms with Gasteiger partial charge in [0.05, 0.1) is 24.4 Å². The fourth-order valence-corrected chi connectivity index (χ4v) is 2.67. The molecule has 0 fully saturated rings. The van der Waals surface area contributed by atoms with E-state index in [1.165, 1.54) is 24.2 Å². The van der Waals surface area contributed by atoms with Crippen LogP contribution in [0.3, 0.4) is 0 Å². The summed E-state index contributed by atoms with van der Waals surface area (Å²) in [4.78, 5) is 20.5. The fourth-order valence-electron chi connectivity index (χ4n) is 2.67. The molecule has 0 radical (unpaired) electrons. The zero-order valence-electron chi connectivity index (χ0n) is 16.3. The second kappa shape index (κ2) is 9.65. The first-order valence-corrected chi connectivity index (χ1v) is 9.23. The van der Waals surface area contributed by atoms with Crippen LogP contribution in [0.4, 0.5) is 0 Å². The van der Waals surface area contributed by atoms with Gasteiger partial charge < -0.3 is 19.9 Å². The number of carbonyl (C=O) groups excluding carboxylic acids is 1. The van der Waals surface area contributed by atoms with Crippen molar-refractivity contribution in [2.24, 2.45) is 0 Å². The number of nitrogens with zero attached hydrogens (tertiary/aromatic N) is 4. The summed E-state index contributed by atoms with van der Waals surface area (Å²) in [7, 11) is 1.52. The van der Waals surface area contributed by atoms with E-state index in [0.29, 0.717) is 48.1 Å². The minimum absolute atomic E-state index is 0.0705. The minimum Gasteiger partial charge on any atom is -0.493 e. The standard InChI is InChI=1S/C20H23N5O4/c1-3-29-10-4-8-22-19(26)15-5-6-17(23-12-15)25-20(27)16(13-24-25)14-7-9-21-18(11-14)28-2/h5-7,9,11-13,27H,3-4,8,10H2,1-2H3,(H,22,26). The SMILES string of the molecule is CCOCCCNC(=O)c1ccc(-n2ncc(-c3ccnc(OC)c3)c2O)nc1. The van der Waals surface area contributed by atoms with Crippen molar-refractivity contribution in [3.05, 3.63) is 48.4 Å². The lowest BCUT2D eigenvalue weighted by Crippen LogP contribution is -2.25. The number of hydrogen-bond acceptors (Lipinski definition) is 7. The van der Waals surface area contributed by atoms with Crippen molar-refractivity contribution in [2.45, 2.75) is 13.3 Å². The first-order valence-electron chi connectivity index (χ1n) is 9.23. The Hall–Kier alpha value is -3.46. The lowest BCUT2D eigenvalue weighted by atomic mass is 10.1. The number of amides is 1. The molecular formula is C20H23N5O4. The topological polar surface area (TPSA) is 111 Å². The largest absolute Gasteiger partial charge is 0.493 e. The average molecular weight is 397 g/mol. The Kier molecular flexibility index (Phi) is 6.75. The van der Waals surface area contributed by atoms with E-state index in [1.807, 2.05) is 6.92 Å². The van der Waals surface area contributed by atoms with Gasteiger partial charge in [-0.15, -0.1) is 0 Å². The maximum atomic E-state index is 12.2. The van der Waals surface area contributed by atoms with Crippen LogP contribution in [0.1, 0.15) is 23.7 Å². The number of rotatable bonds is 9. The summed E-state index contributed by atoms with van der Waals surface area (Å²) in [6.45, 7) is 3.73. The van der Waals surface area contributed by atoms with E-state index in [1.54, 1.807) is 30.5 Å². The molecule has 3 rings (SSSR count). The van der Waals surface area contributed by atoms with Gasteiger partial charge in [-0.3, -0.25) is 4.79 Å². The maximum Gasteiger partial charge on any atom is 0.252 e. The average Bonchev–Trinajstić information content (AvgIpc) is 3.15. The molecule has 0 saturated heterocycles. The van der Waals surface area contributed by atoms with Crippen molar-refractivity contribution in [1.82, 2.24) is 25.1 Å². The van der Waals surface area contributed by atoms with E-state index >= 15 is 0 Å². The molecule has 0 unspecified atom stereocenters. The van der Waals surface area contributed by atoms with Gasteiger partial charge >= 0.3 is 0 Å². The van der Waals surface area contributed by atoms with Crippen LogP contribution < -0.4 is 10.1 Å². The molecule has 152 valence electrons. The Balaban J connectivity index is 1.70. The monoisotopic (exact) mass is 397 g/mol. The van der Waals surface area contributed by atoms with Gasteiger partial charge in [-0.05, 0) is 37.1 Å². The molecule has 3 heterocycles. The number of methoxy groups -OCH3 is 1. The molecule has 0 spiro atoms. The number of pyridine rings is 2. The molecule has 3 aromatic rings. The van der Waals surface area contributed by atoms with Crippen molar-refractivity contribution in [3.8, 4) is 28.7 Å². The number of aromatic hydroxyl groups is 1. The zero-order chi connectivity index (χ0) is 20.6. The highest BCUT2D eigenvalue weighted by Gasteiger charge is 2.15. The van der Waals surface area contributed by atoms with Crippen molar-refractivity contribution < 1.29 is 19.4 Å². The predicted molar refractivity (Wildman–Crippen MR) is 106 cm³/mol. The second-order valence-electron chi connectivity index (χ2n) is 6.09. The van der Waals surface area contributed by atoms with Crippen molar-refractivity contribution in [2.75, 3.05) is 26.9 Å². The molecule has 9 heteroatoms. The Morgan fingerprint density at radius 3 is 2.83 bits per heavy atom. The van der Waals surface area contributed by atoms with Crippen LogP contribution in [0.25, 0.3) is 16.9 Å². The molecule has 0 atom stereocenters. The third-order valence-corrected chi connectivity index (χ3v) is 4.18. The van der Waals surface area contributed by atoms with Crippen LogP contribution in [0.15, 0.2) is 42.9 Å². The second-order valence-corrected chi connectivity index (χ2v) is 6.09. The molecule has 0 aromatic carbocycles. The van der Waals surface area contributed by atoms with Crippen LogP contribution in [0, 0.1) is 0 Å². The van der Waals surface area contributed by atoms with Crippen LogP contribution in [-0.4, -0.2) is 57.6 Å². The van der Waals surface area contributed by atoms with E-state index in [0.717, 1.165) is 6.42 Å². The number of nitrogens with one attached hydrogen (secondary N) is 1. The van der Waals surface area contributed by atoms with Crippen molar-refractivity contribution in [1.29, 1.82) is 0 Å². The number of aromatic nitrogens is 4. The third-order valence-electron chi connectivity index (χ3n) is 4.18. The van der Waals surface area contributed by atoms with Crippen LogP contribution in [-0.2, 0) is 4.74 Å². The number of hydrogen-bond donors (Lipinski definition) is 2. The van der Waals surface area contributed by atoms with Crippen LogP contribution in [0.2, 0.25) is 0 Å². The summed E-state index contributed by atoms with van der Waals surface area (Å²) in [5, 5.41) is 17.6. The van der Waals surface area contributed by atoms with Gasteiger partial charge in [-0.1, -0.05) is 0 Å². The smallest absolute Gasteiger partial charge is 0.252 e. The van der Waals surface area contributed by atoms with E-state index in [-0.39, 0.29) is 11.8 Å². The first kappa shape index (κ1) is 20.3. The summed E-state index contributed by atoms with van der Waals surface area (Å²) in [5.41, 5.74) is 1.66. The Morgan fingerprint density at radius 2 is 2.10 bits per heavy atom. The molecular weight excluding hydrogens is 374 g/mol. The number of ether oxygens (including phenoxy) is 2. The molecule has 0 aliphatic heterocycles. The molecule has 9 nitrogen and oxygen atoms in total. The fraction of sp³-hybridized carbons (Fsp3) is 0.300. The molecule has 0 aliphatic rings. The van der Waals surface area contributed by atoms with Crippen molar-refractivity contribution in [3.63, 3.8) is 0 Å². The highest BCUT2D eigenvalue weighted by Crippen LogP contribution is 2.31. The highest BCUT2D eigenvalue weighted by atomic mass is 16.5. The zero-order valence-corrected chi connectivity index (χ0v) is 16.3. The molecule has 0 saturated carbocycles. The lowest BCUT2D eigenvalue weighted by Gasteiger charge is -2.07. The van der Waals surface area contributed by atoms with Gasteiger partial charge in [-0.2, -0.15) is 9.78 Å². The number of carbonyl (C=O) groups is 1. The molecule has 0 bridgehead atoms. The molecule has 29 heavy (non-hydrogen) atoms. The minimum atomic E-state index is -0.213. The van der Waals surface area contributed by atoms with Gasteiger partial charge in [0.25, 0.3) is 5.91 Å².